The molecule has 1 saturated heterocycles. The van der Waals surface area contributed by atoms with E-state index in [-0.39, 0.29) is 42.6 Å². The van der Waals surface area contributed by atoms with Gasteiger partial charge in [-0.25, -0.2) is 4.79 Å². The molecule has 1 aliphatic carbocycles. The van der Waals surface area contributed by atoms with Crippen LogP contribution in [0.15, 0.2) is 28.7 Å². The molecule has 3 rings (SSSR count). The maximum atomic E-state index is 13.4. The van der Waals surface area contributed by atoms with Gasteiger partial charge in [0, 0.05) is 16.1 Å². The Morgan fingerprint density at radius 1 is 1.13 bits per heavy atom. The molecule has 2 aliphatic rings. The number of fused-ring (bicyclic) bond motifs is 2. The van der Waals surface area contributed by atoms with Crippen LogP contribution in [0.4, 0.5) is 0 Å². The minimum absolute atomic E-state index is 0.0231. The molecular weight excluding hydrogens is 466 g/mol. The number of nitrogens with zero attached hydrogens (tertiary/aromatic N) is 1. The molecule has 2 fully saturated rings. The van der Waals surface area contributed by atoms with Crippen molar-refractivity contribution in [1.29, 1.82) is 0 Å². The third-order valence-electron chi connectivity index (χ3n) is 6.33. The molecule has 31 heavy (non-hydrogen) atoms. The van der Waals surface area contributed by atoms with E-state index in [2.05, 4.69) is 15.9 Å². The van der Waals surface area contributed by atoms with E-state index in [1.54, 1.807) is 29.2 Å². The van der Waals surface area contributed by atoms with Crippen LogP contribution in [0.25, 0.3) is 0 Å². The summed E-state index contributed by atoms with van der Waals surface area (Å²) in [4.78, 5) is 52.1. The lowest BCUT2D eigenvalue weighted by atomic mass is 9.89. The van der Waals surface area contributed by atoms with Crippen LogP contribution in [-0.2, 0) is 23.9 Å². The van der Waals surface area contributed by atoms with Gasteiger partial charge in [-0.1, -0.05) is 41.9 Å². The molecule has 1 aromatic rings. The summed E-state index contributed by atoms with van der Waals surface area (Å²) in [6, 6.07) is 6.08. The number of ether oxygens (including phenoxy) is 2. The summed E-state index contributed by atoms with van der Waals surface area (Å²) >= 11 is 3.32. The first-order valence-electron chi connectivity index (χ1n) is 10.6. The van der Waals surface area contributed by atoms with E-state index in [0.717, 1.165) is 23.7 Å². The molecule has 4 atom stereocenters. The van der Waals surface area contributed by atoms with Gasteiger partial charge in [0.05, 0.1) is 19.4 Å². The molecule has 1 amide bonds. The van der Waals surface area contributed by atoms with Gasteiger partial charge in [0.15, 0.2) is 12.4 Å². The van der Waals surface area contributed by atoms with Crippen LogP contribution >= 0.6 is 15.9 Å². The first-order valence-corrected chi connectivity index (χ1v) is 11.4. The molecule has 168 valence electrons. The Bertz CT molecular complexity index is 852. The summed E-state index contributed by atoms with van der Waals surface area (Å²) in [7, 11) is 1.30. The molecule has 1 aromatic carbocycles. The van der Waals surface area contributed by atoms with Crippen LogP contribution in [0.3, 0.4) is 0 Å². The molecule has 1 saturated carbocycles. The van der Waals surface area contributed by atoms with Crippen LogP contribution in [-0.4, -0.2) is 54.3 Å². The van der Waals surface area contributed by atoms with Crippen LogP contribution in [0.5, 0.6) is 0 Å². The van der Waals surface area contributed by atoms with Gasteiger partial charge in [-0.15, -0.1) is 0 Å². The number of rotatable bonds is 8. The number of halogens is 1. The normalized spacial score (nSPS) is 23.0. The monoisotopic (exact) mass is 493 g/mol. The van der Waals surface area contributed by atoms with E-state index in [1.165, 1.54) is 7.11 Å². The predicted molar refractivity (Wildman–Crippen MR) is 116 cm³/mol. The molecule has 0 spiro atoms. The molecule has 2 unspecified atom stereocenters. The third kappa shape index (κ3) is 5.17. The average Bonchev–Trinajstić information content (AvgIpc) is 3.37. The molecule has 8 heteroatoms. The summed E-state index contributed by atoms with van der Waals surface area (Å²) in [6.07, 6.45) is 2.40. The van der Waals surface area contributed by atoms with Crippen molar-refractivity contribution in [3.63, 3.8) is 0 Å². The first-order chi connectivity index (χ1) is 14.7. The lowest BCUT2D eigenvalue weighted by molar-refractivity contribution is -0.160. The van der Waals surface area contributed by atoms with Crippen molar-refractivity contribution in [3.05, 3.63) is 34.3 Å². The van der Waals surface area contributed by atoms with Gasteiger partial charge < -0.3 is 14.4 Å². The van der Waals surface area contributed by atoms with Crippen molar-refractivity contribution in [1.82, 2.24) is 4.90 Å². The summed E-state index contributed by atoms with van der Waals surface area (Å²) in [5.41, 5.74) is 0.454. The van der Waals surface area contributed by atoms with Gasteiger partial charge in [-0.3, -0.25) is 14.4 Å². The summed E-state index contributed by atoms with van der Waals surface area (Å²) < 4.78 is 11.0. The topological polar surface area (TPSA) is 90.0 Å². The minimum atomic E-state index is -0.706. The highest BCUT2D eigenvalue weighted by atomic mass is 79.9. The lowest BCUT2D eigenvalue weighted by Gasteiger charge is -2.36. The molecule has 0 N–H and O–H groups in total. The molecule has 7 nitrogen and oxygen atoms in total. The highest BCUT2D eigenvalue weighted by Crippen LogP contribution is 2.44. The van der Waals surface area contributed by atoms with Crippen LogP contribution in [0, 0.1) is 17.8 Å². The molecule has 2 bridgehead atoms. The Hall–Kier alpha value is -2.22. The number of Topliss-reactive ketones (excluding diaryl/α,β-unsaturated/α-hetero) is 1. The number of piperidine rings is 1. The molecule has 1 aliphatic heterocycles. The second-order valence-corrected chi connectivity index (χ2v) is 9.50. The van der Waals surface area contributed by atoms with Crippen LogP contribution < -0.4 is 0 Å². The van der Waals surface area contributed by atoms with Crippen molar-refractivity contribution >= 4 is 39.6 Å². The number of hydrogen-bond acceptors (Lipinski definition) is 6. The van der Waals surface area contributed by atoms with Gasteiger partial charge in [0.25, 0.3) is 0 Å². The number of amides is 1. The quantitative estimate of drug-likeness (QED) is 0.407. The molecule has 0 aromatic heterocycles. The van der Waals surface area contributed by atoms with Gasteiger partial charge >= 0.3 is 11.9 Å². The Labute approximate surface area is 190 Å². The number of carbonyl (C=O) groups excluding carboxylic acids is 4. The van der Waals surface area contributed by atoms with Gasteiger partial charge in [0.2, 0.25) is 5.91 Å². The van der Waals surface area contributed by atoms with Gasteiger partial charge in [-0.05, 0) is 43.2 Å². The number of likely N-dealkylation sites (tertiary alicyclic amines) is 1. The van der Waals surface area contributed by atoms with E-state index in [9.17, 15) is 19.2 Å². The second kappa shape index (κ2) is 9.94. The molecular formula is C23H28BrNO6. The van der Waals surface area contributed by atoms with E-state index in [4.69, 9.17) is 9.47 Å². The zero-order chi connectivity index (χ0) is 22.7. The predicted octanol–water partition coefficient (Wildman–Crippen LogP) is 3.39. The highest BCUT2D eigenvalue weighted by Gasteiger charge is 2.53. The Balaban J connectivity index is 1.70. The highest BCUT2D eigenvalue weighted by molar-refractivity contribution is 9.10. The fraction of sp³-hybridized carbons (Fsp3) is 0.565. The van der Waals surface area contributed by atoms with Crippen LogP contribution in [0.1, 0.15) is 49.9 Å². The molecule has 0 radical (unpaired) electrons. The van der Waals surface area contributed by atoms with E-state index >= 15 is 0 Å². The van der Waals surface area contributed by atoms with Crippen molar-refractivity contribution in [2.24, 2.45) is 17.8 Å². The van der Waals surface area contributed by atoms with Crippen LogP contribution in [0.2, 0.25) is 0 Å². The maximum Gasteiger partial charge on any atom is 0.329 e. The zero-order valence-corrected chi connectivity index (χ0v) is 19.6. The van der Waals surface area contributed by atoms with Gasteiger partial charge in [0.1, 0.15) is 6.04 Å². The fourth-order valence-electron chi connectivity index (χ4n) is 4.61. The van der Waals surface area contributed by atoms with Crippen molar-refractivity contribution in [2.45, 2.75) is 51.6 Å². The fourth-order valence-corrected chi connectivity index (χ4v) is 4.88. The van der Waals surface area contributed by atoms with Crippen molar-refractivity contribution in [3.8, 4) is 0 Å². The number of hydrogen-bond donors (Lipinski definition) is 0. The third-order valence-corrected chi connectivity index (χ3v) is 6.86. The second-order valence-electron chi connectivity index (χ2n) is 8.59. The van der Waals surface area contributed by atoms with E-state index in [0.29, 0.717) is 5.56 Å². The van der Waals surface area contributed by atoms with Crippen molar-refractivity contribution < 1.29 is 28.7 Å². The first kappa shape index (κ1) is 23.4. The Morgan fingerprint density at radius 3 is 2.42 bits per heavy atom. The van der Waals surface area contributed by atoms with Gasteiger partial charge in [-0.2, -0.15) is 0 Å². The lowest BCUT2D eigenvalue weighted by Crippen LogP contribution is -2.52. The summed E-state index contributed by atoms with van der Waals surface area (Å²) in [5.74, 6) is -2.13. The smallest absolute Gasteiger partial charge is 0.329 e. The average molecular weight is 494 g/mol. The minimum Gasteiger partial charge on any atom is -0.469 e. The number of ketones is 1. The van der Waals surface area contributed by atoms with Crippen molar-refractivity contribution in [2.75, 3.05) is 13.7 Å². The number of esters is 2. The number of methoxy groups -OCH3 is 1. The standard InChI is InChI=1S/C23H28BrNO6/c1-13(2)18(11-20(27)30-3)22(28)25-17-9-6-15(10-17)21(25)23(29)31-12-19(26)14-4-7-16(24)8-5-14/h4-5,7-8,13,15,17-18,21H,6,9-12H2,1-3H3/t15?,17?,18-,21-/m0/s1. The maximum absolute atomic E-state index is 13.4. The largest absolute Gasteiger partial charge is 0.469 e. The SMILES string of the molecule is COC(=O)C[C@H](C(=O)N1C2CCC(C2)[C@H]1C(=O)OCC(=O)c1ccc(Br)cc1)C(C)C. The van der Waals surface area contributed by atoms with E-state index < -0.39 is 23.9 Å². The Morgan fingerprint density at radius 2 is 1.81 bits per heavy atom. The summed E-state index contributed by atoms with van der Waals surface area (Å²) in [6.45, 7) is 3.39. The van der Waals surface area contributed by atoms with E-state index in [1.807, 2.05) is 13.8 Å². The molecule has 1 heterocycles. The number of benzene rings is 1. The number of carbonyl (C=O) groups is 4. The summed E-state index contributed by atoms with van der Waals surface area (Å²) in [5, 5.41) is 0. The zero-order valence-electron chi connectivity index (χ0n) is 18.0. The Kier molecular flexibility index (Phi) is 7.51.